The zero-order valence-electron chi connectivity index (χ0n) is 10.6. The number of benzene rings is 2. The van der Waals surface area contributed by atoms with E-state index in [4.69, 9.17) is 0 Å². The Balaban J connectivity index is 2.30. The highest BCUT2D eigenvalue weighted by Gasteiger charge is 2.12. The van der Waals surface area contributed by atoms with Crippen LogP contribution in [0.4, 0.5) is 4.39 Å². The highest BCUT2D eigenvalue weighted by Crippen LogP contribution is 2.21. The van der Waals surface area contributed by atoms with Crippen LogP contribution in [0.15, 0.2) is 36.4 Å². The van der Waals surface area contributed by atoms with Gasteiger partial charge in [0.05, 0.1) is 0 Å². The molecule has 0 saturated heterocycles. The molecule has 100 valence electrons. The fourth-order valence-electron chi connectivity index (χ4n) is 1.90. The number of hydrogen-bond donors (Lipinski definition) is 1. The van der Waals surface area contributed by atoms with Crippen LogP contribution < -0.4 is 5.32 Å². The molecule has 2 aromatic rings. The zero-order chi connectivity index (χ0) is 13.8. The number of hydrogen-bond acceptors (Lipinski definition) is 1. The van der Waals surface area contributed by atoms with Crippen LogP contribution >= 0.6 is 15.9 Å². The van der Waals surface area contributed by atoms with Gasteiger partial charge in [-0.25, -0.2) is 4.39 Å². The van der Waals surface area contributed by atoms with Crippen LogP contribution in [-0.4, -0.2) is 17.3 Å². The summed E-state index contributed by atoms with van der Waals surface area (Å²) in [6.07, 6.45) is 0.935. The first-order chi connectivity index (χ1) is 9.13. The van der Waals surface area contributed by atoms with E-state index in [0.717, 1.165) is 6.42 Å². The third-order valence-corrected chi connectivity index (χ3v) is 4.01. The van der Waals surface area contributed by atoms with Crippen molar-refractivity contribution in [1.29, 1.82) is 0 Å². The number of carbonyl (C=O) groups excluding carboxylic acids is 1. The van der Waals surface area contributed by atoms with Gasteiger partial charge in [0, 0.05) is 22.3 Å². The Labute approximate surface area is 120 Å². The number of fused-ring (bicyclic) bond motifs is 1. The van der Waals surface area contributed by atoms with Gasteiger partial charge in [0.1, 0.15) is 5.82 Å². The van der Waals surface area contributed by atoms with E-state index in [2.05, 4.69) is 21.2 Å². The summed E-state index contributed by atoms with van der Waals surface area (Å²) in [4.78, 5) is 12.4. The third-order valence-electron chi connectivity index (χ3n) is 3.04. The minimum atomic E-state index is -0.306. The molecule has 0 aliphatic rings. The van der Waals surface area contributed by atoms with Gasteiger partial charge in [0.25, 0.3) is 5.91 Å². The van der Waals surface area contributed by atoms with E-state index < -0.39 is 0 Å². The molecular weight excluding hydrogens is 309 g/mol. The Morgan fingerprint density at radius 1 is 1.26 bits per heavy atom. The molecule has 1 unspecified atom stereocenters. The van der Waals surface area contributed by atoms with Gasteiger partial charge in [-0.2, -0.15) is 0 Å². The number of rotatable bonds is 4. The molecule has 1 N–H and O–H groups in total. The summed E-state index contributed by atoms with van der Waals surface area (Å²) in [6, 6.07) is 9.88. The number of halogens is 2. The molecule has 0 radical (unpaired) electrons. The van der Waals surface area contributed by atoms with Crippen molar-refractivity contribution >= 4 is 32.6 Å². The van der Waals surface area contributed by atoms with Crippen molar-refractivity contribution in [2.24, 2.45) is 0 Å². The lowest BCUT2D eigenvalue weighted by atomic mass is 10.0. The topological polar surface area (TPSA) is 29.1 Å². The van der Waals surface area contributed by atoms with Crippen LogP contribution in [0.5, 0.6) is 0 Å². The minimum Gasteiger partial charge on any atom is -0.351 e. The highest BCUT2D eigenvalue weighted by atomic mass is 79.9. The molecule has 0 aromatic heterocycles. The van der Waals surface area contributed by atoms with Crippen molar-refractivity contribution in [3.63, 3.8) is 0 Å². The maximum absolute atomic E-state index is 13.7. The first-order valence-corrected chi connectivity index (χ1v) is 7.14. The van der Waals surface area contributed by atoms with E-state index in [1.807, 2.05) is 6.92 Å². The van der Waals surface area contributed by atoms with Crippen molar-refractivity contribution in [1.82, 2.24) is 5.32 Å². The molecule has 0 heterocycles. The zero-order valence-corrected chi connectivity index (χ0v) is 12.2. The quantitative estimate of drug-likeness (QED) is 0.850. The summed E-state index contributed by atoms with van der Waals surface area (Å²) >= 11 is 3.46. The number of nitrogens with one attached hydrogen (secondary N) is 1. The molecular formula is C15H15BrFNO. The van der Waals surface area contributed by atoms with Crippen LogP contribution in [0.3, 0.4) is 0 Å². The second-order valence-electron chi connectivity index (χ2n) is 4.36. The normalized spacial score (nSPS) is 12.4. The number of amides is 1. The van der Waals surface area contributed by atoms with Crippen molar-refractivity contribution < 1.29 is 9.18 Å². The van der Waals surface area contributed by atoms with Gasteiger partial charge in [-0.3, -0.25) is 4.79 Å². The van der Waals surface area contributed by atoms with Gasteiger partial charge >= 0.3 is 0 Å². The Hall–Kier alpha value is -1.42. The summed E-state index contributed by atoms with van der Waals surface area (Å²) in [6.45, 7) is 2.60. The van der Waals surface area contributed by atoms with Crippen molar-refractivity contribution in [2.75, 3.05) is 6.54 Å². The minimum absolute atomic E-state index is 0.172. The highest BCUT2D eigenvalue weighted by molar-refractivity contribution is 9.09. The maximum atomic E-state index is 13.7. The van der Waals surface area contributed by atoms with Gasteiger partial charge in [0.2, 0.25) is 0 Å². The Kier molecular flexibility index (Phi) is 4.53. The van der Waals surface area contributed by atoms with Gasteiger partial charge in [-0.05, 0) is 23.9 Å². The Morgan fingerprint density at radius 2 is 1.95 bits per heavy atom. The molecule has 2 rings (SSSR count). The Morgan fingerprint density at radius 3 is 2.63 bits per heavy atom. The first kappa shape index (κ1) is 14.0. The fraction of sp³-hybridized carbons (Fsp3) is 0.267. The lowest BCUT2D eigenvalue weighted by Crippen LogP contribution is -2.29. The molecule has 1 amide bonds. The van der Waals surface area contributed by atoms with E-state index in [1.54, 1.807) is 24.3 Å². The second-order valence-corrected chi connectivity index (χ2v) is 5.65. The lowest BCUT2D eigenvalue weighted by molar-refractivity contribution is 0.0955. The standard InChI is InChI=1S/C15H15BrFNO/c1-2-10(16)9-18-15(19)13-7-8-14(17)12-6-4-3-5-11(12)13/h3-8,10H,2,9H2,1H3,(H,18,19). The smallest absolute Gasteiger partial charge is 0.251 e. The molecule has 0 fully saturated rings. The molecule has 0 saturated carbocycles. The van der Waals surface area contributed by atoms with Crippen LogP contribution in [0, 0.1) is 5.82 Å². The fourth-order valence-corrected chi connectivity index (χ4v) is 2.07. The molecule has 0 bridgehead atoms. The van der Waals surface area contributed by atoms with E-state index in [-0.39, 0.29) is 16.6 Å². The monoisotopic (exact) mass is 323 g/mol. The van der Waals surface area contributed by atoms with E-state index in [1.165, 1.54) is 12.1 Å². The predicted molar refractivity (Wildman–Crippen MR) is 79.2 cm³/mol. The SMILES string of the molecule is CCC(Br)CNC(=O)c1ccc(F)c2ccccc12. The van der Waals surface area contributed by atoms with Gasteiger partial charge < -0.3 is 5.32 Å². The maximum Gasteiger partial charge on any atom is 0.251 e. The van der Waals surface area contributed by atoms with Crippen molar-refractivity contribution in [3.05, 3.63) is 47.8 Å². The summed E-state index contributed by atoms with van der Waals surface area (Å²) in [5.74, 6) is -0.479. The van der Waals surface area contributed by atoms with Crippen LogP contribution in [-0.2, 0) is 0 Å². The molecule has 0 aliphatic heterocycles. The van der Waals surface area contributed by atoms with Crippen molar-refractivity contribution in [2.45, 2.75) is 18.2 Å². The van der Waals surface area contributed by atoms with E-state index >= 15 is 0 Å². The van der Waals surface area contributed by atoms with Crippen LogP contribution in [0.25, 0.3) is 10.8 Å². The molecule has 1 atom stereocenters. The van der Waals surface area contributed by atoms with Gasteiger partial charge in [-0.1, -0.05) is 47.1 Å². The van der Waals surface area contributed by atoms with Gasteiger partial charge in [0.15, 0.2) is 0 Å². The van der Waals surface area contributed by atoms with Crippen molar-refractivity contribution in [3.8, 4) is 0 Å². The molecule has 0 spiro atoms. The van der Waals surface area contributed by atoms with E-state index in [9.17, 15) is 9.18 Å². The number of alkyl halides is 1. The number of carbonyl (C=O) groups is 1. The third kappa shape index (κ3) is 3.13. The Bertz CT molecular complexity index is 600. The summed E-state index contributed by atoms with van der Waals surface area (Å²) in [7, 11) is 0. The molecule has 2 nitrogen and oxygen atoms in total. The molecule has 4 heteroatoms. The predicted octanol–water partition coefficient (Wildman–Crippen LogP) is 3.88. The largest absolute Gasteiger partial charge is 0.351 e. The first-order valence-electron chi connectivity index (χ1n) is 6.23. The van der Waals surface area contributed by atoms with Crippen LogP contribution in [0.1, 0.15) is 23.7 Å². The molecule has 19 heavy (non-hydrogen) atoms. The average molecular weight is 324 g/mol. The molecule has 2 aromatic carbocycles. The summed E-state index contributed by atoms with van der Waals surface area (Å²) in [5.41, 5.74) is 0.507. The second kappa shape index (κ2) is 6.15. The van der Waals surface area contributed by atoms with Crippen LogP contribution in [0.2, 0.25) is 0 Å². The van der Waals surface area contributed by atoms with Gasteiger partial charge in [-0.15, -0.1) is 0 Å². The molecule has 0 aliphatic carbocycles. The van der Waals surface area contributed by atoms with E-state index in [0.29, 0.717) is 22.9 Å². The average Bonchev–Trinajstić information content (AvgIpc) is 2.45. The summed E-state index contributed by atoms with van der Waals surface area (Å²) in [5, 5.41) is 3.97. The summed E-state index contributed by atoms with van der Waals surface area (Å²) < 4.78 is 13.7. The lowest BCUT2D eigenvalue weighted by Gasteiger charge is -2.11.